The van der Waals surface area contributed by atoms with E-state index in [-0.39, 0.29) is 11.6 Å². The van der Waals surface area contributed by atoms with Gasteiger partial charge in [-0.15, -0.1) is 0 Å². The summed E-state index contributed by atoms with van der Waals surface area (Å²) in [4.78, 5) is 0. The summed E-state index contributed by atoms with van der Waals surface area (Å²) in [6, 6.07) is 19.8. The summed E-state index contributed by atoms with van der Waals surface area (Å²) in [6.07, 6.45) is 0. The molecular weight excluding hydrogens is 335 g/mol. The molecule has 3 nitrogen and oxygen atoms in total. The van der Waals surface area contributed by atoms with Gasteiger partial charge in [-0.05, 0) is 15.4 Å². The Labute approximate surface area is 150 Å². The van der Waals surface area contributed by atoms with Crippen LogP contribution in [0.1, 0.15) is 20.8 Å². The first kappa shape index (κ1) is 19.8. The molecule has 0 atom stereocenters. The summed E-state index contributed by atoms with van der Waals surface area (Å²) in [7, 11) is -2.85. The Kier molecular flexibility index (Phi) is 6.16. The highest BCUT2D eigenvalue weighted by Crippen LogP contribution is 2.37. The lowest BCUT2D eigenvalue weighted by molar-refractivity contribution is -0.0198. The molecule has 136 valence electrons. The van der Waals surface area contributed by atoms with Crippen LogP contribution in [0.15, 0.2) is 60.7 Å². The lowest BCUT2D eigenvalue weighted by Crippen LogP contribution is -2.67. The average Bonchev–Trinajstić information content (AvgIpc) is 2.62. The van der Waals surface area contributed by atoms with Gasteiger partial charge >= 0.3 is 0 Å². The fourth-order valence-corrected chi connectivity index (χ4v) is 7.77. The number of benzene rings is 2. The summed E-state index contributed by atoms with van der Waals surface area (Å²) in [6.45, 7) is 4.38. The number of halogens is 1. The second-order valence-corrected chi connectivity index (χ2v) is 11.7. The average molecular weight is 363 g/mol. The Balaban J connectivity index is 2.61. The second-order valence-electron chi connectivity index (χ2n) is 7.42. The smallest absolute Gasteiger partial charge is 0.261 e. The van der Waals surface area contributed by atoms with Gasteiger partial charge in [0.05, 0.1) is 19.8 Å². The third kappa shape index (κ3) is 4.01. The van der Waals surface area contributed by atoms with Gasteiger partial charge in [-0.2, -0.15) is 0 Å². The quantitative estimate of drug-likeness (QED) is 0.743. The Morgan fingerprint density at radius 1 is 0.840 bits per heavy atom. The van der Waals surface area contributed by atoms with Crippen LogP contribution in [-0.4, -0.2) is 44.0 Å². The second kappa shape index (κ2) is 7.79. The molecule has 0 spiro atoms. The molecule has 2 aromatic carbocycles. The van der Waals surface area contributed by atoms with Gasteiger partial charge in [-0.3, -0.25) is 0 Å². The SMILES string of the molecule is CC(C)(C)[Si](OCC(F)(CO)CO)(c1ccccc1)c1ccccc1. The Bertz CT molecular complexity index is 612. The third-order valence-electron chi connectivity index (χ3n) is 4.53. The maximum Gasteiger partial charge on any atom is 0.261 e. The molecule has 0 aliphatic rings. The van der Waals surface area contributed by atoms with Crippen LogP contribution in [0.25, 0.3) is 0 Å². The van der Waals surface area contributed by atoms with Crippen LogP contribution in [0.2, 0.25) is 5.04 Å². The van der Waals surface area contributed by atoms with Crippen molar-refractivity contribution >= 4 is 18.7 Å². The van der Waals surface area contributed by atoms with Gasteiger partial charge in [0.15, 0.2) is 5.67 Å². The molecule has 0 amide bonds. The number of hydrogen-bond acceptors (Lipinski definition) is 3. The number of aliphatic hydroxyl groups is 2. The zero-order valence-corrected chi connectivity index (χ0v) is 16.1. The predicted octanol–water partition coefficient (Wildman–Crippen LogP) is 2.26. The zero-order valence-electron chi connectivity index (χ0n) is 15.1. The van der Waals surface area contributed by atoms with Crippen molar-refractivity contribution in [2.75, 3.05) is 19.8 Å². The van der Waals surface area contributed by atoms with Crippen molar-refractivity contribution in [1.29, 1.82) is 0 Å². The van der Waals surface area contributed by atoms with Crippen molar-refractivity contribution in [2.24, 2.45) is 0 Å². The van der Waals surface area contributed by atoms with Crippen LogP contribution in [0.5, 0.6) is 0 Å². The van der Waals surface area contributed by atoms with Gasteiger partial charge in [0.2, 0.25) is 0 Å². The number of rotatable bonds is 7. The molecule has 0 aliphatic heterocycles. The normalized spacial score (nSPS) is 13.0. The number of alkyl halides is 1. The van der Waals surface area contributed by atoms with E-state index in [1.54, 1.807) is 0 Å². The van der Waals surface area contributed by atoms with Crippen LogP contribution in [-0.2, 0) is 4.43 Å². The van der Waals surface area contributed by atoms with Gasteiger partial charge in [0.25, 0.3) is 8.32 Å². The van der Waals surface area contributed by atoms with Crippen molar-refractivity contribution in [2.45, 2.75) is 31.5 Å². The molecule has 2 rings (SSSR count). The maximum absolute atomic E-state index is 14.6. The molecule has 2 aromatic rings. The van der Waals surface area contributed by atoms with E-state index >= 15 is 0 Å². The lowest BCUT2D eigenvalue weighted by atomic mass is 10.1. The van der Waals surface area contributed by atoms with E-state index in [4.69, 9.17) is 4.43 Å². The highest BCUT2D eigenvalue weighted by molar-refractivity contribution is 6.99. The van der Waals surface area contributed by atoms with E-state index in [0.717, 1.165) is 10.4 Å². The first-order valence-corrected chi connectivity index (χ1v) is 10.4. The van der Waals surface area contributed by atoms with E-state index in [1.165, 1.54) is 0 Å². The van der Waals surface area contributed by atoms with Crippen molar-refractivity contribution in [3.05, 3.63) is 60.7 Å². The van der Waals surface area contributed by atoms with Crippen molar-refractivity contribution in [3.8, 4) is 0 Å². The monoisotopic (exact) mass is 362 g/mol. The minimum Gasteiger partial charge on any atom is -0.404 e. The third-order valence-corrected chi connectivity index (χ3v) is 9.51. The van der Waals surface area contributed by atoms with Crippen LogP contribution < -0.4 is 10.4 Å². The van der Waals surface area contributed by atoms with Crippen LogP contribution >= 0.6 is 0 Å². The molecule has 0 radical (unpaired) electrons. The van der Waals surface area contributed by atoms with E-state index < -0.39 is 27.2 Å². The Morgan fingerprint density at radius 3 is 1.56 bits per heavy atom. The van der Waals surface area contributed by atoms with Crippen LogP contribution in [0.4, 0.5) is 4.39 Å². The molecule has 0 fully saturated rings. The molecule has 0 unspecified atom stereocenters. The van der Waals surface area contributed by atoms with Gasteiger partial charge in [-0.1, -0.05) is 81.4 Å². The van der Waals surface area contributed by atoms with Gasteiger partial charge < -0.3 is 14.6 Å². The molecular formula is C20H27FO3Si. The Morgan fingerprint density at radius 2 is 1.24 bits per heavy atom. The molecule has 5 heteroatoms. The van der Waals surface area contributed by atoms with Crippen molar-refractivity contribution < 1.29 is 19.0 Å². The molecule has 0 saturated carbocycles. The molecule has 0 bridgehead atoms. The predicted molar refractivity (Wildman–Crippen MR) is 102 cm³/mol. The first-order valence-electron chi connectivity index (χ1n) is 8.45. The molecule has 0 aliphatic carbocycles. The standard InChI is InChI=1S/C20H27FO3Si/c1-19(2,3)25(17-10-6-4-7-11-17,18-12-8-5-9-13-18)24-16-20(21,14-22)15-23/h4-13,22-23H,14-16H2,1-3H3. The lowest BCUT2D eigenvalue weighted by Gasteiger charge is -2.44. The van der Waals surface area contributed by atoms with Crippen LogP contribution in [0.3, 0.4) is 0 Å². The zero-order chi connectivity index (χ0) is 18.6. The fourth-order valence-electron chi connectivity index (χ4n) is 3.14. The summed E-state index contributed by atoms with van der Waals surface area (Å²) >= 11 is 0. The van der Waals surface area contributed by atoms with E-state index in [2.05, 4.69) is 20.8 Å². The number of aliphatic hydroxyl groups excluding tert-OH is 2. The van der Waals surface area contributed by atoms with Gasteiger partial charge in [0, 0.05) is 0 Å². The molecule has 0 heterocycles. The summed E-state index contributed by atoms with van der Waals surface area (Å²) < 4.78 is 21.0. The first-order chi connectivity index (χ1) is 11.8. The highest BCUT2D eigenvalue weighted by atomic mass is 28.4. The van der Waals surface area contributed by atoms with E-state index in [0.29, 0.717) is 0 Å². The summed E-state index contributed by atoms with van der Waals surface area (Å²) in [5, 5.41) is 20.4. The van der Waals surface area contributed by atoms with Crippen molar-refractivity contribution in [3.63, 3.8) is 0 Å². The van der Waals surface area contributed by atoms with Crippen LogP contribution in [0, 0.1) is 0 Å². The van der Waals surface area contributed by atoms with Gasteiger partial charge in [-0.25, -0.2) is 4.39 Å². The van der Waals surface area contributed by atoms with E-state index in [9.17, 15) is 14.6 Å². The maximum atomic E-state index is 14.6. The summed E-state index contributed by atoms with van der Waals surface area (Å²) in [5.41, 5.74) is -2.16. The number of hydrogen-bond donors (Lipinski definition) is 2. The van der Waals surface area contributed by atoms with Gasteiger partial charge in [0.1, 0.15) is 0 Å². The topological polar surface area (TPSA) is 49.7 Å². The Hall–Kier alpha value is -1.53. The molecule has 25 heavy (non-hydrogen) atoms. The summed E-state index contributed by atoms with van der Waals surface area (Å²) in [5.74, 6) is 0. The molecule has 0 saturated heterocycles. The highest BCUT2D eigenvalue weighted by Gasteiger charge is 2.51. The van der Waals surface area contributed by atoms with Crippen molar-refractivity contribution in [1.82, 2.24) is 0 Å². The minimum absolute atomic E-state index is 0.276. The minimum atomic E-state index is -2.85. The molecule has 0 aromatic heterocycles. The molecule has 2 N–H and O–H groups in total. The van der Waals surface area contributed by atoms with E-state index in [1.807, 2.05) is 60.7 Å². The largest absolute Gasteiger partial charge is 0.404 e. The fraction of sp³-hybridized carbons (Fsp3) is 0.400.